The van der Waals surface area contributed by atoms with Gasteiger partial charge in [-0.25, -0.2) is 14.6 Å². The normalized spacial score (nSPS) is 11.3. The van der Waals surface area contributed by atoms with Crippen LogP contribution in [0.2, 0.25) is 10.0 Å². The second-order valence-electron chi connectivity index (χ2n) is 5.39. The number of aromatic nitrogens is 4. The molecule has 0 amide bonds. The van der Waals surface area contributed by atoms with Crippen LogP contribution in [0.4, 0.5) is 5.82 Å². The lowest BCUT2D eigenvalue weighted by atomic mass is 10.2. The minimum Gasteiger partial charge on any atom is -0.261 e. The summed E-state index contributed by atoms with van der Waals surface area (Å²) in [6.45, 7) is 0. The Morgan fingerprint density at radius 2 is 1.88 bits per heavy atom. The largest absolute Gasteiger partial charge is 0.261 e. The Balaban J connectivity index is 1.63. The molecule has 1 N–H and O–H groups in total. The molecule has 4 aromatic rings. The third-order valence-electron chi connectivity index (χ3n) is 3.70. The molecule has 0 aliphatic heterocycles. The van der Waals surface area contributed by atoms with Crippen molar-refractivity contribution in [3.63, 3.8) is 0 Å². The number of halogens is 2. The first-order chi connectivity index (χ1) is 12.7. The molecule has 4 rings (SSSR count). The van der Waals surface area contributed by atoms with Crippen LogP contribution in [0.15, 0.2) is 66.2 Å². The van der Waals surface area contributed by atoms with E-state index in [2.05, 4.69) is 25.6 Å². The number of anilines is 1. The number of rotatable bonds is 4. The zero-order valence-corrected chi connectivity index (χ0v) is 14.9. The van der Waals surface area contributed by atoms with E-state index in [4.69, 9.17) is 23.2 Å². The molecule has 0 atom stereocenters. The Morgan fingerprint density at radius 3 is 2.69 bits per heavy atom. The molecule has 0 aliphatic carbocycles. The van der Waals surface area contributed by atoms with Gasteiger partial charge < -0.3 is 0 Å². The molecule has 0 saturated heterocycles. The monoisotopic (exact) mass is 382 g/mol. The lowest BCUT2D eigenvalue weighted by Gasteiger charge is -2.04. The number of benzene rings is 2. The molecule has 0 bridgehead atoms. The van der Waals surface area contributed by atoms with Crippen molar-refractivity contribution in [3.05, 3.63) is 76.7 Å². The van der Waals surface area contributed by atoms with Crippen LogP contribution in [0.25, 0.3) is 16.7 Å². The predicted molar refractivity (Wildman–Crippen MR) is 104 cm³/mol. The van der Waals surface area contributed by atoms with Gasteiger partial charge in [0.2, 0.25) is 0 Å². The zero-order valence-electron chi connectivity index (χ0n) is 13.3. The number of hydrazone groups is 1. The molecule has 2 heterocycles. The number of hydrogen-bond donors (Lipinski definition) is 1. The van der Waals surface area contributed by atoms with Gasteiger partial charge in [0.1, 0.15) is 6.33 Å². The molecule has 2 aromatic heterocycles. The highest BCUT2D eigenvalue weighted by Crippen LogP contribution is 2.22. The molecular formula is C18H12Cl2N6. The maximum atomic E-state index is 6.14. The fourth-order valence-electron chi connectivity index (χ4n) is 2.46. The van der Waals surface area contributed by atoms with Crippen molar-refractivity contribution in [2.24, 2.45) is 5.10 Å². The van der Waals surface area contributed by atoms with E-state index in [9.17, 15) is 0 Å². The number of para-hydroxylation sites is 1. The average Bonchev–Trinajstić information content (AvgIpc) is 3.09. The van der Waals surface area contributed by atoms with Gasteiger partial charge in [-0.2, -0.15) is 10.2 Å². The molecule has 6 nitrogen and oxygen atoms in total. The minimum atomic E-state index is 0.521. The quantitative estimate of drug-likeness (QED) is 0.414. The molecule has 0 unspecified atom stereocenters. The van der Waals surface area contributed by atoms with E-state index in [-0.39, 0.29) is 0 Å². The third-order valence-corrected chi connectivity index (χ3v) is 4.27. The van der Waals surface area contributed by atoms with E-state index in [0.29, 0.717) is 21.5 Å². The maximum Gasteiger partial charge on any atom is 0.168 e. The third kappa shape index (κ3) is 3.24. The van der Waals surface area contributed by atoms with Gasteiger partial charge in [-0.05, 0) is 24.3 Å². The number of nitrogens with zero attached hydrogens (tertiary/aromatic N) is 5. The summed E-state index contributed by atoms with van der Waals surface area (Å²) in [5.74, 6) is 0.554. The van der Waals surface area contributed by atoms with Crippen molar-refractivity contribution in [2.75, 3.05) is 5.43 Å². The van der Waals surface area contributed by atoms with Gasteiger partial charge >= 0.3 is 0 Å². The molecule has 8 heteroatoms. The second kappa shape index (κ2) is 7.11. The standard InChI is InChI=1S/C18H12Cl2N6/c19-13-7-6-12(16(20)8-13)9-23-25-17-15-10-24-26(18(15)22-11-21-17)14-4-2-1-3-5-14/h1-11H,(H,21,22,25)/b23-9-. The van der Waals surface area contributed by atoms with Gasteiger partial charge in [0, 0.05) is 10.6 Å². The Morgan fingerprint density at radius 1 is 1.04 bits per heavy atom. The topological polar surface area (TPSA) is 68.0 Å². The first kappa shape index (κ1) is 16.5. The fourth-order valence-corrected chi connectivity index (χ4v) is 2.92. The van der Waals surface area contributed by atoms with E-state index in [0.717, 1.165) is 16.6 Å². The second-order valence-corrected chi connectivity index (χ2v) is 6.23. The highest BCUT2D eigenvalue weighted by molar-refractivity contribution is 6.36. The Bertz CT molecular complexity index is 1090. The predicted octanol–water partition coefficient (Wildman–Crippen LogP) is 4.57. The average molecular weight is 383 g/mol. The van der Waals surface area contributed by atoms with E-state index in [1.165, 1.54) is 6.33 Å². The van der Waals surface area contributed by atoms with Crippen LogP contribution >= 0.6 is 23.2 Å². The molecule has 0 radical (unpaired) electrons. The van der Waals surface area contributed by atoms with Crippen LogP contribution in [0.1, 0.15) is 5.56 Å². The summed E-state index contributed by atoms with van der Waals surface area (Å²) in [5.41, 5.74) is 5.27. The highest BCUT2D eigenvalue weighted by Gasteiger charge is 2.10. The molecule has 26 heavy (non-hydrogen) atoms. The molecule has 0 saturated carbocycles. The van der Waals surface area contributed by atoms with Crippen molar-refractivity contribution in [1.82, 2.24) is 19.7 Å². The smallest absolute Gasteiger partial charge is 0.168 e. The van der Waals surface area contributed by atoms with Gasteiger partial charge in [-0.3, -0.25) is 5.43 Å². The Kier molecular flexibility index (Phi) is 4.51. The summed E-state index contributed by atoms with van der Waals surface area (Å²) >= 11 is 12.0. The van der Waals surface area contributed by atoms with E-state index < -0.39 is 0 Å². The Labute approximate surface area is 159 Å². The van der Waals surface area contributed by atoms with Crippen molar-refractivity contribution in [2.45, 2.75) is 0 Å². The van der Waals surface area contributed by atoms with E-state index in [1.54, 1.807) is 35.3 Å². The van der Waals surface area contributed by atoms with Crippen molar-refractivity contribution in [3.8, 4) is 5.69 Å². The minimum absolute atomic E-state index is 0.521. The van der Waals surface area contributed by atoms with Crippen LogP contribution in [-0.4, -0.2) is 26.0 Å². The highest BCUT2D eigenvalue weighted by atomic mass is 35.5. The van der Waals surface area contributed by atoms with Crippen LogP contribution in [0, 0.1) is 0 Å². The molecular weight excluding hydrogens is 371 g/mol. The number of fused-ring (bicyclic) bond motifs is 1. The van der Waals surface area contributed by atoms with Crippen LogP contribution < -0.4 is 5.43 Å². The lowest BCUT2D eigenvalue weighted by Crippen LogP contribution is -1.99. The summed E-state index contributed by atoms with van der Waals surface area (Å²) < 4.78 is 1.75. The van der Waals surface area contributed by atoms with Gasteiger partial charge in [0.25, 0.3) is 0 Å². The summed E-state index contributed by atoms with van der Waals surface area (Å²) in [5, 5.41) is 10.5. The SMILES string of the molecule is Clc1ccc(/C=N\Nc2ncnc3c2cnn3-c2ccccc2)c(Cl)c1. The first-order valence-corrected chi connectivity index (χ1v) is 8.46. The molecule has 0 aliphatic rings. The lowest BCUT2D eigenvalue weighted by molar-refractivity contribution is 0.895. The van der Waals surface area contributed by atoms with Crippen molar-refractivity contribution < 1.29 is 0 Å². The van der Waals surface area contributed by atoms with Crippen LogP contribution in [-0.2, 0) is 0 Å². The van der Waals surface area contributed by atoms with Crippen molar-refractivity contribution >= 4 is 46.3 Å². The van der Waals surface area contributed by atoms with Crippen LogP contribution in [0.3, 0.4) is 0 Å². The van der Waals surface area contributed by atoms with Gasteiger partial charge in [0.05, 0.1) is 28.5 Å². The van der Waals surface area contributed by atoms with Gasteiger partial charge in [0.15, 0.2) is 11.5 Å². The summed E-state index contributed by atoms with van der Waals surface area (Å²) in [7, 11) is 0. The first-order valence-electron chi connectivity index (χ1n) is 7.70. The summed E-state index contributed by atoms with van der Waals surface area (Å²) in [6, 6.07) is 15.0. The van der Waals surface area contributed by atoms with Crippen LogP contribution in [0.5, 0.6) is 0 Å². The zero-order chi connectivity index (χ0) is 17.9. The summed E-state index contributed by atoms with van der Waals surface area (Å²) in [6.07, 6.45) is 4.78. The van der Waals surface area contributed by atoms with Crippen molar-refractivity contribution in [1.29, 1.82) is 0 Å². The van der Waals surface area contributed by atoms with Gasteiger partial charge in [-0.15, -0.1) is 0 Å². The van der Waals surface area contributed by atoms with E-state index >= 15 is 0 Å². The summed E-state index contributed by atoms with van der Waals surface area (Å²) in [4.78, 5) is 8.57. The number of nitrogens with one attached hydrogen (secondary N) is 1. The molecule has 0 fully saturated rings. The Hall–Kier alpha value is -2.96. The van der Waals surface area contributed by atoms with E-state index in [1.807, 2.05) is 30.3 Å². The maximum absolute atomic E-state index is 6.14. The van der Waals surface area contributed by atoms with Gasteiger partial charge in [-0.1, -0.05) is 47.5 Å². The molecule has 128 valence electrons. The number of hydrogen-bond acceptors (Lipinski definition) is 5. The molecule has 2 aromatic carbocycles. The fraction of sp³-hybridized carbons (Fsp3) is 0. The molecule has 0 spiro atoms.